The van der Waals surface area contributed by atoms with E-state index in [1.165, 1.54) is 12.1 Å². The summed E-state index contributed by atoms with van der Waals surface area (Å²) in [5.74, 6) is -0.143. The summed E-state index contributed by atoms with van der Waals surface area (Å²) >= 11 is 0. The largest absolute Gasteiger partial charge is 0.395 e. The number of aliphatic hydroxyl groups excluding tert-OH is 1. The van der Waals surface area contributed by atoms with Crippen molar-refractivity contribution in [3.8, 4) is 0 Å². The highest BCUT2D eigenvalue weighted by Gasteiger charge is 2.29. The lowest BCUT2D eigenvalue weighted by Crippen LogP contribution is -2.41. The van der Waals surface area contributed by atoms with Gasteiger partial charge in [0.15, 0.2) is 4.90 Å². The van der Waals surface area contributed by atoms with Crippen LogP contribution >= 0.6 is 0 Å². The highest BCUT2D eigenvalue weighted by molar-refractivity contribution is 7.89. The molecule has 0 bridgehead atoms. The molecular weight excluding hydrogens is 296 g/mol. The molecule has 0 saturated carbocycles. The summed E-state index contributed by atoms with van der Waals surface area (Å²) in [5.41, 5.74) is 0.820. The number of rotatable bonds is 6. The number of nitro benzene ring substituents is 1. The Labute approximate surface area is 124 Å². The van der Waals surface area contributed by atoms with Crippen LogP contribution in [0.25, 0.3) is 0 Å². The van der Waals surface area contributed by atoms with Crippen LogP contribution < -0.4 is 4.72 Å². The quantitative estimate of drug-likeness (QED) is 0.610. The zero-order valence-corrected chi connectivity index (χ0v) is 13.3. The van der Waals surface area contributed by atoms with E-state index in [9.17, 15) is 23.6 Å². The van der Waals surface area contributed by atoms with Crippen molar-refractivity contribution in [2.24, 2.45) is 5.92 Å². The van der Waals surface area contributed by atoms with E-state index in [0.717, 1.165) is 0 Å². The van der Waals surface area contributed by atoms with E-state index in [2.05, 4.69) is 4.72 Å². The molecule has 21 heavy (non-hydrogen) atoms. The van der Waals surface area contributed by atoms with Crippen molar-refractivity contribution >= 4 is 15.7 Å². The Hall–Kier alpha value is -1.51. The fourth-order valence-electron chi connectivity index (χ4n) is 1.78. The zero-order chi connectivity index (χ0) is 16.4. The molecule has 1 aromatic carbocycles. The highest BCUT2D eigenvalue weighted by atomic mass is 32.2. The van der Waals surface area contributed by atoms with Crippen LogP contribution in [0.1, 0.15) is 25.0 Å². The van der Waals surface area contributed by atoms with Gasteiger partial charge in [-0.25, -0.2) is 13.1 Å². The first-order valence-corrected chi connectivity index (χ1v) is 7.97. The van der Waals surface area contributed by atoms with Gasteiger partial charge in [-0.2, -0.15) is 0 Å². The van der Waals surface area contributed by atoms with E-state index in [4.69, 9.17) is 0 Å². The van der Waals surface area contributed by atoms with Crippen LogP contribution in [0, 0.1) is 29.9 Å². The summed E-state index contributed by atoms with van der Waals surface area (Å²) in [6, 6.07) is 1.83. The lowest BCUT2D eigenvalue weighted by Gasteiger charge is -2.20. The zero-order valence-electron chi connectivity index (χ0n) is 12.5. The molecule has 0 aliphatic rings. The molecule has 2 N–H and O–H groups in total. The summed E-state index contributed by atoms with van der Waals surface area (Å²) in [6.45, 7) is 6.48. The van der Waals surface area contributed by atoms with Crippen molar-refractivity contribution < 1.29 is 18.4 Å². The third-order valence-corrected chi connectivity index (χ3v) is 4.89. The second kappa shape index (κ2) is 6.50. The molecule has 0 heterocycles. The Morgan fingerprint density at radius 3 is 2.24 bits per heavy atom. The predicted octanol–water partition coefficient (Wildman–Crippen LogP) is 1.51. The Kier molecular flexibility index (Phi) is 5.43. The lowest BCUT2D eigenvalue weighted by atomic mass is 10.1. The van der Waals surface area contributed by atoms with Crippen LogP contribution in [0.5, 0.6) is 0 Å². The first kappa shape index (κ1) is 17.5. The van der Waals surface area contributed by atoms with Crippen LogP contribution in [0.3, 0.4) is 0 Å². The van der Waals surface area contributed by atoms with E-state index in [1.807, 2.05) is 0 Å². The average molecular weight is 316 g/mol. The molecule has 0 fully saturated rings. The van der Waals surface area contributed by atoms with Crippen molar-refractivity contribution in [3.05, 3.63) is 33.4 Å². The van der Waals surface area contributed by atoms with Crippen molar-refractivity contribution in [2.75, 3.05) is 6.61 Å². The fourth-order valence-corrected chi connectivity index (χ4v) is 3.39. The normalized spacial score (nSPS) is 13.4. The van der Waals surface area contributed by atoms with Gasteiger partial charge in [0, 0.05) is 12.1 Å². The minimum atomic E-state index is -4.08. The molecule has 1 atom stereocenters. The van der Waals surface area contributed by atoms with Crippen LogP contribution in [0.4, 0.5) is 5.69 Å². The number of nitrogens with one attached hydrogen (secondary N) is 1. The molecule has 118 valence electrons. The van der Waals surface area contributed by atoms with Gasteiger partial charge in [0.2, 0.25) is 10.0 Å². The Morgan fingerprint density at radius 1 is 1.29 bits per heavy atom. The van der Waals surface area contributed by atoms with E-state index in [1.54, 1.807) is 27.7 Å². The van der Waals surface area contributed by atoms with Gasteiger partial charge in [-0.05, 0) is 37.0 Å². The van der Waals surface area contributed by atoms with Gasteiger partial charge in [0.25, 0.3) is 5.69 Å². The summed E-state index contributed by atoms with van der Waals surface area (Å²) < 4.78 is 27.1. The van der Waals surface area contributed by atoms with Crippen molar-refractivity contribution in [3.63, 3.8) is 0 Å². The molecule has 0 saturated heterocycles. The number of nitrogens with zero attached hydrogens (tertiary/aromatic N) is 1. The number of aryl methyl sites for hydroxylation is 2. The number of sulfonamides is 1. The predicted molar refractivity (Wildman–Crippen MR) is 78.6 cm³/mol. The summed E-state index contributed by atoms with van der Waals surface area (Å²) in [5, 5.41) is 20.3. The minimum Gasteiger partial charge on any atom is -0.395 e. The number of benzene rings is 1. The number of aliphatic hydroxyl groups is 1. The number of hydrogen-bond acceptors (Lipinski definition) is 5. The van der Waals surface area contributed by atoms with Crippen molar-refractivity contribution in [2.45, 2.75) is 38.6 Å². The lowest BCUT2D eigenvalue weighted by molar-refractivity contribution is -0.387. The SMILES string of the molecule is Cc1cc([N+](=O)[O-])c(S(=O)(=O)N[C@H](CO)C(C)C)cc1C. The van der Waals surface area contributed by atoms with Crippen LogP contribution in [0.2, 0.25) is 0 Å². The third-order valence-electron chi connectivity index (χ3n) is 3.37. The molecule has 0 radical (unpaired) electrons. The van der Waals surface area contributed by atoms with E-state index < -0.39 is 26.7 Å². The smallest absolute Gasteiger partial charge is 0.289 e. The second-order valence-electron chi connectivity index (χ2n) is 5.32. The topological polar surface area (TPSA) is 110 Å². The number of hydrogen-bond donors (Lipinski definition) is 2. The van der Waals surface area contributed by atoms with Gasteiger partial charge in [-0.15, -0.1) is 0 Å². The highest BCUT2D eigenvalue weighted by Crippen LogP contribution is 2.27. The monoisotopic (exact) mass is 316 g/mol. The van der Waals surface area contributed by atoms with Gasteiger partial charge in [0.1, 0.15) is 0 Å². The molecule has 0 amide bonds. The first-order chi connectivity index (χ1) is 9.60. The van der Waals surface area contributed by atoms with Gasteiger partial charge < -0.3 is 5.11 Å². The maximum atomic E-state index is 12.4. The first-order valence-electron chi connectivity index (χ1n) is 6.49. The Bertz CT molecular complexity index is 640. The second-order valence-corrected chi connectivity index (χ2v) is 7.00. The van der Waals surface area contributed by atoms with E-state index in [0.29, 0.717) is 11.1 Å². The summed E-state index contributed by atoms with van der Waals surface area (Å²) in [6.07, 6.45) is 0. The minimum absolute atomic E-state index is 0.143. The van der Waals surface area contributed by atoms with Gasteiger partial charge in [0.05, 0.1) is 11.5 Å². The molecule has 8 heteroatoms. The van der Waals surface area contributed by atoms with E-state index >= 15 is 0 Å². The Morgan fingerprint density at radius 2 is 1.81 bits per heavy atom. The maximum absolute atomic E-state index is 12.4. The molecule has 0 aromatic heterocycles. The van der Waals surface area contributed by atoms with Crippen LogP contribution in [-0.4, -0.2) is 31.1 Å². The van der Waals surface area contributed by atoms with Crippen molar-refractivity contribution in [1.29, 1.82) is 0 Å². The molecule has 1 aromatic rings. The average Bonchev–Trinajstić information content (AvgIpc) is 2.37. The maximum Gasteiger partial charge on any atom is 0.289 e. The molecule has 1 rings (SSSR count). The Balaban J connectivity index is 3.37. The van der Waals surface area contributed by atoms with Crippen LogP contribution in [-0.2, 0) is 10.0 Å². The molecule has 0 spiro atoms. The van der Waals surface area contributed by atoms with E-state index in [-0.39, 0.29) is 17.4 Å². The molecule has 0 aliphatic heterocycles. The fraction of sp³-hybridized carbons (Fsp3) is 0.538. The van der Waals surface area contributed by atoms with Gasteiger partial charge >= 0.3 is 0 Å². The van der Waals surface area contributed by atoms with Gasteiger partial charge in [-0.1, -0.05) is 13.8 Å². The molecule has 0 aliphatic carbocycles. The molecule has 7 nitrogen and oxygen atoms in total. The summed E-state index contributed by atoms with van der Waals surface area (Å²) in [4.78, 5) is 9.99. The molecular formula is C13H20N2O5S. The summed E-state index contributed by atoms with van der Waals surface area (Å²) in [7, 11) is -4.08. The van der Waals surface area contributed by atoms with Crippen molar-refractivity contribution in [1.82, 2.24) is 4.72 Å². The molecule has 0 unspecified atom stereocenters. The van der Waals surface area contributed by atoms with Crippen LogP contribution in [0.15, 0.2) is 17.0 Å². The number of nitro groups is 1. The third kappa shape index (κ3) is 3.99. The standard InChI is InChI=1S/C13H20N2O5S/c1-8(2)11(7-16)14-21(19,20)13-6-10(4)9(3)5-12(13)15(17)18/h5-6,8,11,14,16H,7H2,1-4H3/t11-/m1/s1. The van der Waals surface area contributed by atoms with Gasteiger partial charge in [-0.3, -0.25) is 10.1 Å².